The fraction of sp³-hybridized carbons (Fsp3) is 0.438. The molecular weight excluding hydrogens is 224 g/mol. The Morgan fingerprint density at radius 1 is 1.17 bits per heavy atom. The molecule has 96 valence electrons. The smallest absolute Gasteiger partial charge is 0.335 e. The zero-order valence-electron chi connectivity index (χ0n) is 11.5. The van der Waals surface area contributed by atoms with E-state index >= 15 is 0 Å². The second kappa shape index (κ2) is 4.60. The first-order chi connectivity index (χ1) is 8.37. The van der Waals surface area contributed by atoms with Crippen molar-refractivity contribution >= 4 is 5.97 Å². The van der Waals surface area contributed by atoms with E-state index in [0.29, 0.717) is 0 Å². The van der Waals surface area contributed by atoms with E-state index in [9.17, 15) is 4.79 Å². The van der Waals surface area contributed by atoms with Gasteiger partial charge in [0.25, 0.3) is 0 Å². The summed E-state index contributed by atoms with van der Waals surface area (Å²) in [7, 11) is 0. The third-order valence-corrected chi connectivity index (χ3v) is 3.02. The number of carbonyl (C=O) groups is 1. The van der Waals surface area contributed by atoms with E-state index in [1.54, 1.807) is 0 Å². The first-order valence-electron chi connectivity index (χ1n) is 6.39. The molecule has 2 aliphatic carbocycles. The van der Waals surface area contributed by atoms with Gasteiger partial charge in [-0.3, -0.25) is 0 Å². The van der Waals surface area contributed by atoms with E-state index in [1.165, 1.54) is 11.1 Å². The standard InChI is InChI=1S/C16H20O2/c1-11-5-7-12-8-10-14(13(12)9-6-11)15(17)18-16(2,3)4/h5-7,9H,8,10H2,1-4H3. The van der Waals surface area contributed by atoms with Gasteiger partial charge in [0.05, 0.1) is 0 Å². The maximum absolute atomic E-state index is 12.2. The largest absolute Gasteiger partial charge is 0.457 e. The highest BCUT2D eigenvalue weighted by Gasteiger charge is 2.27. The first kappa shape index (κ1) is 12.9. The Morgan fingerprint density at radius 3 is 2.56 bits per heavy atom. The van der Waals surface area contributed by atoms with Gasteiger partial charge in [-0.1, -0.05) is 29.9 Å². The number of ether oxygens (including phenoxy) is 1. The molecule has 0 aromatic carbocycles. The van der Waals surface area contributed by atoms with Gasteiger partial charge in [-0.15, -0.1) is 0 Å². The topological polar surface area (TPSA) is 26.3 Å². The molecule has 0 heterocycles. The lowest BCUT2D eigenvalue weighted by Gasteiger charge is -2.20. The van der Waals surface area contributed by atoms with Crippen molar-refractivity contribution in [1.29, 1.82) is 0 Å². The highest BCUT2D eigenvalue weighted by molar-refractivity contribution is 5.92. The van der Waals surface area contributed by atoms with Gasteiger partial charge in [0.1, 0.15) is 5.60 Å². The Morgan fingerprint density at radius 2 is 1.89 bits per heavy atom. The van der Waals surface area contributed by atoms with Crippen LogP contribution >= 0.6 is 0 Å². The molecule has 0 aliphatic heterocycles. The van der Waals surface area contributed by atoms with Crippen LogP contribution in [-0.2, 0) is 9.53 Å². The molecule has 0 saturated heterocycles. The van der Waals surface area contributed by atoms with Crippen LogP contribution in [-0.4, -0.2) is 11.6 Å². The Labute approximate surface area is 109 Å². The zero-order valence-corrected chi connectivity index (χ0v) is 11.5. The van der Waals surface area contributed by atoms with E-state index in [2.05, 4.69) is 25.2 Å². The van der Waals surface area contributed by atoms with E-state index in [0.717, 1.165) is 24.0 Å². The minimum atomic E-state index is -0.431. The summed E-state index contributed by atoms with van der Waals surface area (Å²) >= 11 is 0. The highest BCUT2D eigenvalue weighted by Crippen LogP contribution is 2.35. The number of hydrogen-bond donors (Lipinski definition) is 0. The van der Waals surface area contributed by atoms with E-state index in [-0.39, 0.29) is 5.97 Å². The van der Waals surface area contributed by atoms with Crippen LogP contribution in [0.15, 0.2) is 46.6 Å². The van der Waals surface area contributed by atoms with Crippen LogP contribution in [0.5, 0.6) is 0 Å². The van der Waals surface area contributed by atoms with Crippen molar-refractivity contribution in [2.45, 2.75) is 46.1 Å². The molecule has 0 bridgehead atoms. The molecule has 0 spiro atoms. The van der Waals surface area contributed by atoms with E-state index < -0.39 is 5.60 Å². The number of allylic oxidation sites excluding steroid dienone is 7. The fourth-order valence-electron chi connectivity index (χ4n) is 2.16. The third-order valence-electron chi connectivity index (χ3n) is 3.02. The Hall–Kier alpha value is -1.57. The average Bonchev–Trinajstić information content (AvgIpc) is 2.56. The Kier molecular flexibility index (Phi) is 3.29. The number of rotatable bonds is 1. The zero-order chi connectivity index (χ0) is 13.3. The molecule has 0 N–H and O–H groups in total. The lowest BCUT2D eigenvalue weighted by Crippen LogP contribution is -2.24. The minimum Gasteiger partial charge on any atom is -0.457 e. The molecule has 0 atom stereocenters. The van der Waals surface area contributed by atoms with Crippen molar-refractivity contribution in [2.75, 3.05) is 0 Å². The summed E-state index contributed by atoms with van der Waals surface area (Å²) in [6, 6.07) is 0. The first-order valence-corrected chi connectivity index (χ1v) is 6.39. The van der Waals surface area contributed by atoms with Crippen LogP contribution in [0.4, 0.5) is 0 Å². The average molecular weight is 244 g/mol. The van der Waals surface area contributed by atoms with Crippen LogP contribution in [0.3, 0.4) is 0 Å². The molecule has 0 fully saturated rings. The summed E-state index contributed by atoms with van der Waals surface area (Å²) in [6.07, 6.45) is 10.0. The Balaban J connectivity index is 2.30. The van der Waals surface area contributed by atoms with Gasteiger partial charge < -0.3 is 4.74 Å². The van der Waals surface area contributed by atoms with Gasteiger partial charge in [0, 0.05) is 5.57 Å². The molecule has 2 heteroatoms. The quantitative estimate of drug-likeness (QED) is 0.655. The monoisotopic (exact) mass is 244 g/mol. The molecule has 2 rings (SSSR count). The normalized spacial score (nSPS) is 19.1. The summed E-state index contributed by atoms with van der Waals surface area (Å²) in [5.74, 6) is -0.176. The van der Waals surface area contributed by atoms with Gasteiger partial charge in [-0.05, 0) is 51.7 Å². The van der Waals surface area contributed by atoms with Gasteiger partial charge >= 0.3 is 5.97 Å². The Bertz CT molecular complexity index is 494. The maximum atomic E-state index is 12.2. The fourth-order valence-corrected chi connectivity index (χ4v) is 2.16. The van der Waals surface area contributed by atoms with Crippen molar-refractivity contribution in [3.8, 4) is 0 Å². The van der Waals surface area contributed by atoms with Gasteiger partial charge in [0.2, 0.25) is 0 Å². The minimum absolute atomic E-state index is 0.176. The van der Waals surface area contributed by atoms with Crippen molar-refractivity contribution in [3.63, 3.8) is 0 Å². The van der Waals surface area contributed by atoms with Gasteiger partial charge in [-0.2, -0.15) is 0 Å². The van der Waals surface area contributed by atoms with Crippen LogP contribution in [0.25, 0.3) is 0 Å². The van der Waals surface area contributed by atoms with E-state index in [4.69, 9.17) is 4.74 Å². The number of carbonyl (C=O) groups excluding carboxylic acids is 1. The van der Waals surface area contributed by atoms with Crippen LogP contribution in [0, 0.1) is 0 Å². The molecule has 0 saturated carbocycles. The molecule has 2 aliphatic rings. The van der Waals surface area contributed by atoms with Crippen molar-refractivity contribution in [2.24, 2.45) is 0 Å². The lowest BCUT2D eigenvalue weighted by molar-refractivity contribution is -0.150. The summed E-state index contributed by atoms with van der Waals surface area (Å²) in [4.78, 5) is 12.2. The van der Waals surface area contributed by atoms with Crippen LogP contribution in [0.1, 0.15) is 40.5 Å². The number of esters is 1. The van der Waals surface area contributed by atoms with Gasteiger partial charge in [-0.25, -0.2) is 4.79 Å². The third kappa shape index (κ3) is 2.81. The van der Waals surface area contributed by atoms with Crippen molar-refractivity contribution < 1.29 is 9.53 Å². The predicted octanol–water partition coefficient (Wildman–Crippen LogP) is 3.86. The summed E-state index contributed by atoms with van der Waals surface area (Å²) in [5, 5.41) is 0. The molecular formula is C16H20O2. The molecule has 0 amide bonds. The molecule has 0 radical (unpaired) electrons. The number of fused-ring (bicyclic) bond motifs is 1. The second-order valence-corrected chi connectivity index (χ2v) is 5.83. The van der Waals surface area contributed by atoms with Crippen molar-refractivity contribution in [3.05, 3.63) is 46.6 Å². The molecule has 0 aromatic heterocycles. The molecule has 2 nitrogen and oxygen atoms in total. The molecule has 0 aromatic rings. The molecule has 18 heavy (non-hydrogen) atoms. The van der Waals surface area contributed by atoms with Crippen LogP contribution in [0.2, 0.25) is 0 Å². The SMILES string of the molecule is CC1=CC=C2CCC(C(=O)OC(C)(C)C)=C2C=C1. The summed E-state index contributed by atoms with van der Waals surface area (Å²) < 4.78 is 5.46. The van der Waals surface area contributed by atoms with Crippen molar-refractivity contribution in [1.82, 2.24) is 0 Å². The second-order valence-electron chi connectivity index (χ2n) is 5.83. The van der Waals surface area contributed by atoms with Crippen LogP contribution < -0.4 is 0 Å². The highest BCUT2D eigenvalue weighted by atomic mass is 16.6. The van der Waals surface area contributed by atoms with Gasteiger partial charge in [0.15, 0.2) is 0 Å². The lowest BCUT2D eigenvalue weighted by atomic mass is 10.1. The number of hydrogen-bond acceptors (Lipinski definition) is 2. The maximum Gasteiger partial charge on any atom is 0.335 e. The molecule has 0 unspecified atom stereocenters. The summed E-state index contributed by atoms with van der Waals surface area (Å²) in [5.41, 5.74) is 3.88. The summed E-state index contributed by atoms with van der Waals surface area (Å²) in [6.45, 7) is 7.76. The predicted molar refractivity (Wildman–Crippen MR) is 73.1 cm³/mol. The van der Waals surface area contributed by atoms with E-state index in [1.807, 2.05) is 26.8 Å².